The molecule has 0 unspecified atom stereocenters. The molecule has 0 bridgehead atoms. The van der Waals surface area contributed by atoms with Crippen molar-refractivity contribution in [2.45, 2.75) is 125 Å². The third kappa shape index (κ3) is 4.32. The van der Waals surface area contributed by atoms with Gasteiger partial charge < -0.3 is 14.9 Å². The molecule has 0 aromatic heterocycles. The van der Waals surface area contributed by atoms with Crippen molar-refractivity contribution >= 4 is 11.9 Å². The molecular formula is C32H50O5. The van der Waals surface area contributed by atoms with E-state index in [0.717, 1.165) is 44.9 Å². The molecule has 2 N–H and O–H groups in total. The van der Waals surface area contributed by atoms with Gasteiger partial charge in [0.05, 0.1) is 12.0 Å². The zero-order valence-electron chi connectivity index (χ0n) is 24.4. The van der Waals surface area contributed by atoms with E-state index in [2.05, 4.69) is 40.7 Å². The van der Waals surface area contributed by atoms with Gasteiger partial charge in [0.15, 0.2) is 0 Å². The normalized spacial score (nSPS) is 41.2. The Balaban J connectivity index is 1.71. The molecule has 208 valence electrons. The molecule has 0 aliphatic heterocycles. The molecule has 0 aromatic rings. The number of carbonyl (C=O) groups is 2. The molecule has 4 aliphatic carbocycles. The monoisotopic (exact) mass is 514 g/mol. The topological polar surface area (TPSA) is 83.8 Å². The van der Waals surface area contributed by atoms with Crippen LogP contribution in [0.5, 0.6) is 0 Å². The largest absolute Gasteiger partial charge is 0.481 e. The molecule has 0 spiro atoms. The number of aliphatic carboxylic acids is 1. The molecule has 37 heavy (non-hydrogen) atoms. The van der Waals surface area contributed by atoms with Crippen molar-refractivity contribution < 1.29 is 24.5 Å². The number of hydrogen-bond acceptors (Lipinski definition) is 4. The van der Waals surface area contributed by atoms with Crippen molar-refractivity contribution in [3.8, 4) is 0 Å². The standard InChI is InChI=1S/C32H50O5/c1-19(2)10-9-11-21(28(35)36)27-24(34)18-32(8)23-12-13-25-29(4,5)26(37-20(3)33)15-16-30(25,6)22(23)14-17-31(27,32)7/h10,21,24-27,34H,9,11-18H2,1-8H3,(H,35,36)/t21-,24-,25+,26-,27+,30-,31-,32+/m1/s1. The Morgan fingerprint density at radius 1 is 1.03 bits per heavy atom. The maximum Gasteiger partial charge on any atom is 0.306 e. The van der Waals surface area contributed by atoms with E-state index >= 15 is 0 Å². The number of hydrogen-bond donors (Lipinski definition) is 2. The second-order valence-corrected chi connectivity index (χ2v) is 14.3. The number of carboxylic acid groups (broad SMARTS) is 1. The lowest BCUT2D eigenvalue weighted by Crippen LogP contribution is -2.56. The lowest BCUT2D eigenvalue weighted by molar-refractivity contribution is -0.167. The van der Waals surface area contributed by atoms with Crippen LogP contribution in [0, 0.1) is 39.4 Å². The van der Waals surface area contributed by atoms with E-state index < -0.39 is 18.0 Å². The lowest BCUT2D eigenvalue weighted by Gasteiger charge is -2.62. The second kappa shape index (κ2) is 9.54. The van der Waals surface area contributed by atoms with E-state index in [1.165, 1.54) is 18.1 Å². The van der Waals surface area contributed by atoms with Crippen LogP contribution in [-0.2, 0) is 14.3 Å². The predicted octanol–water partition coefficient (Wildman–Crippen LogP) is 7.09. The van der Waals surface area contributed by atoms with Gasteiger partial charge in [0.2, 0.25) is 0 Å². The SMILES string of the molecule is CC(=O)O[C@@H]1CC[C@]2(C)C3=C(CC[C@H]2C1(C)C)[C@]1(C)C[C@@H](O)[C@H]([C@@H](CCC=C(C)C)C(=O)O)[C@@]1(C)CC3. The highest BCUT2D eigenvalue weighted by Crippen LogP contribution is 2.72. The van der Waals surface area contributed by atoms with Crippen LogP contribution >= 0.6 is 0 Å². The number of aliphatic hydroxyl groups is 1. The van der Waals surface area contributed by atoms with Crippen molar-refractivity contribution in [1.82, 2.24) is 0 Å². The first-order valence-electron chi connectivity index (χ1n) is 14.5. The summed E-state index contributed by atoms with van der Waals surface area (Å²) < 4.78 is 5.82. The zero-order valence-corrected chi connectivity index (χ0v) is 24.4. The molecule has 0 heterocycles. The van der Waals surface area contributed by atoms with Crippen LogP contribution < -0.4 is 0 Å². The van der Waals surface area contributed by atoms with E-state index in [0.29, 0.717) is 18.8 Å². The van der Waals surface area contributed by atoms with E-state index in [4.69, 9.17) is 4.74 Å². The highest BCUT2D eigenvalue weighted by atomic mass is 16.5. The van der Waals surface area contributed by atoms with E-state index in [9.17, 15) is 19.8 Å². The fourth-order valence-corrected chi connectivity index (χ4v) is 9.90. The van der Waals surface area contributed by atoms with Crippen LogP contribution in [0.15, 0.2) is 22.8 Å². The Morgan fingerprint density at radius 2 is 1.70 bits per heavy atom. The van der Waals surface area contributed by atoms with E-state index in [1.54, 1.807) is 5.57 Å². The third-order valence-corrected chi connectivity index (χ3v) is 11.8. The molecule has 5 nitrogen and oxygen atoms in total. The number of carboxylic acids is 1. The number of aliphatic hydroxyl groups excluding tert-OH is 1. The van der Waals surface area contributed by atoms with Crippen molar-refractivity contribution in [3.05, 3.63) is 22.8 Å². The summed E-state index contributed by atoms with van der Waals surface area (Å²) in [6.45, 7) is 17.2. The number of allylic oxidation sites excluding steroid dienone is 4. The first-order chi connectivity index (χ1) is 17.1. The molecule has 0 amide bonds. The van der Waals surface area contributed by atoms with Gasteiger partial charge in [0.25, 0.3) is 0 Å². The Labute approximate surface area is 224 Å². The summed E-state index contributed by atoms with van der Waals surface area (Å²) >= 11 is 0. The molecule has 8 atom stereocenters. The summed E-state index contributed by atoms with van der Waals surface area (Å²) in [5.74, 6) is -1.30. The predicted molar refractivity (Wildman–Crippen MR) is 146 cm³/mol. The summed E-state index contributed by atoms with van der Waals surface area (Å²) in [7, 11) is 0. The number of ether oxygens (including phenoxy) is 1. The first kappa shape index (κ1) is 28.4. The number of esters is 1. The summed E-state index contributed by atoms with van der Waals surface area (Å²) in [4.78, 5) is 24.4. The highest BCUT2D eigenvalue weighted by molar-refractivity contribution is 5.71. The van der Waals surface area contributed by atoms with E-state index in [1.807, 2.05) is 13.8 Å². The second-order valence-electron chi connectivity index (χ2n) is 14.3. The van der Waals surface area contributed by atoms with Crippen LogP contribution in [0.4, 0.5) is 0 Å². The maximum atomic E-state index is 12.5. The van der Waals surface area contributed by atoms with Crippen LogP contribution in [0.1, 0.15) is 113 Å². The van der Waals surface area contributed by atoms with E-state index in [-0.39, 0.29) is 39.7 Å². The molecule has 4 rings (SSSR count). The van der Waals surface area contributed by atoms with Crippen LogP contribution in [-0.4, -0.2) is 34.4 Å². The Hall–Kier alpha value is -1.62. The van der Waals surface area contributed by atoms with Gasteiger partial charge >= 0.3 is 11.9 Å². The summed E-state index contributed by atoms with van der Waals surface area (Å²) in [5, 5.41) is 21.8. The number of fused-ring (bicyclic) bond motifs is 4. The summed E-state index contributed by atoms with van der Waals surface area (Å²) in [6, 6.07) is 0. The van der Waals surface area contributed by atoms with Gasteiger partial charge in [-0.05, 0) is 93.8 Å². The van der Waals surface area contributed by atoms with Crippen molar-refractivity contribution in [1.29, 1.82) is 0 Å². The Kier molecular flexibility index (Phi) is 7.32. The van der Waals surface area contributed by atoms with Gasteiger partial charge in [-0.15, -0.1) is 0 Å². The van der Waals surface area contributed by atoms with Crippen LogP contribution in [0.25, 0.3) is 0 Å². The molecule has 2 fully saturated rings. The fraction of sp³-hybridized carbons (Fsp3) is 0.812. The Morgan fingerprint density at radius 3 is 2.30 bits per heavy atom. The van der Waals surface area contributed by atoms with Crippen molar-refractivity contribution in [2.24, 2.45) is 39.4 Å². The smallest absolute Gasteiger partial charge is 0.306 e. The molecule has 2 saturated carbocycles. The van der Waals surface area contributed by atoms with Gasteiger partial charge in [-0.3, -0.25) is 9.59 Å². The summed E-state index contributed by atoms with van der Waals surface area (Å²) in [6.07, 6.45) is 9.27. The summed E-state index contributed by atoms with van der Waals surface area (Å²) in [5.41, 5.74) is 3.80. The highest BCUT2D eigenvalue weighted by Gasteiger charge is 2.66. The minimum absolute atomic E-state index is 0.0514. The van der Waals surface area contributed by atoms with Gasteiger partial charge in [-0.25, -0.2) is 0 Å². The van der Waals surface area contributed by atoms with Gasteiger partial charge in [0, 0.05) is 18.3 Å². The van der Waals surface area contributed by atoms with Gasteiger partial charge in [-0.1, -0.05) is 57.4 Å². The molecule has 5 heteroatoms. The molecule has 4 aliphatic rings. The van der Waals surface area contributed by atoms with Gasteiger partial charge in [-0.2, -0.15) is 0 Å². The Bertz CT molecular complexity index is 1000. The average molecular weight is 515 g/mol. The minimum Gasteiger partial charge on any atom is -0.481 e. The third-order valence-electron chi connectivity index (χ3n) is 11.8. The number of carbonyl (C=O) groups excluding carboxylic acids is 1. The molecule has 0 aromatic carbocycles. The minimum atomic E-state index is -0.766. The first-order valence-corrected chi connectivity index (χ1v) is 14.5. The molecule has 0 radical (unpaired) electrons. The lowest BCUT2D eigenvalue weighted by atomic mass is 9.43. The van der Waals surface area contributed by atoms with Crippen LogP contribution in [0.3, 0.4) is 0 Å². The molecule has 0 saturated heterocycles. The molecular weight excluding hydrogens is 464 g/mol. The van der Waals surface area contributed by atoms with Crippen molar-refractivity contribution in [2.75, 3.05) is 0 Å². The maximum absolute atomic E-state index is 12.5. The van der Waals surface area contributed by atoms with Crippen molar-refractivity contribution in [3.63, 3.8) is 0 Å². The fourth-order valence-electron chi connectivity index (χ4n) is 9.90. The zero-order chi connectivity index (χ0) is 27.6. The van der Waals surface area contributed by atoms with Gasteiger partial charge in [0.1, 0.15) is 6.10 Å². The quantitative estimate of drug-likeness (QED) is 0.292. The van der Waals surface area contributed by atoms with Crippen LogP contribution in [0.2, 0.25) is 0 Å². The average Bonchev–Trinajstić information content (AvgIpc) is 2.98. The number of rotatable bonds is 6.